The summed E-state index contributed by atoms with van der Waals surface area (Å²) in [7, 11) is 0. The van der Waals surface area contributed by atoms with Crippen LogP contribution in [-0.4, -0.2) is 54.0 Å². The molecule has 2 saturated carbocycles. The fourth-order valence-electron chi connectivity index (χ4n) is 5.09. The van der Waals surface area contributed by atoms with Crippen molar-refractivity contribution in [3.63, 3.8) is 0 Å². The van der Waals surface area contributed by atoms with Crippen molar-refractivity contribution < 1.29 is 28.8 Å². The molecule has 1 N–H and O–H groups in total. The van der Waals surface area contributed by atoms with Crippen molar-refractivity contribution >= 4 is 0 Å². The molecule has 2 spiro atoms. The van der Waals surface area contributed by atoms with Crippen LogP contribution >= 0.6 is 0 Å². The van der Waals surface area contributed by atoms with Crippen molar-refractivity contribution in [3.05, 3.63) is 0 Å². The lowest BCUT2D eigenvalue weighted by atomic mass is 9.94. The molecule has 3 aliphatic heterocycles. The van der Waals surface area contributed by atoms with E-state index in [2.05, 4.69) is 0 Å². The Labute approximate surface area is 142 Å². The molecule has 6 heteroatoms. The van der Waals surface area contributed by atoms with Crippen molar-refractivity contribution in [2.75, 3.05) is 6.61 Å². The molecule has 0 radical (unpaired) electrons. The molecule has 0 amide bonds. The van der Waals surface area contributed by atoms with Gasteiger partial charge in [0.1, 0.15) is 24.4 Å². The topological polar surface area (TPSA) is 66.4 Å². The van der Waals surface area contributed by atoms with E-state index in [0.717, 1.165) is 51.4 Å². The van der Waals surface area contributed by atoms with Crippen LogP contribution in [0.5, 0.6) is 0 Å². The van der Waals surface area contributed by atoms with Gasteiger partial charge in [-0.15, -0.1) is 0 Å². The molecule has 0 aromatic heterocycles. The summed E-state index contributed by atoms with van der Waals surface area (Å²) in [5.74, 6) is -0.979. The highest BCUT2D eigenvalue weighted by Crippen LogP contribution is 2.47. The lowest BCUT2D eigenvalue weighted by Gasteiger charge is -2.34. The fraction of sp³-hybridized carbons (Fsp3) is 1.00. The predicted octanol–water partition coefficient (Wildman–Crippen LogP) is 2.22. The number of hydrogen-bond acceptors (Lipinski definition) is 6. The molecule has 6 nitrogen and oxygen atoms in total. The lowest BCUT2D eigenvalue weighted by Crippen LogP contribution is -2.44. The summed E-state index contributed by atoms with van der Waals surface area (Å²) >= 11 is 0. The van der Waals surface area contributed by atoms with Crippen molar-refractivity contribution in [2.45, 2.75) is 106 Å². The standard InChI is InChI=1S/C18H28O6/c19-13-14(12-11-20-17(22-12)7-3-1-4-8-17)21-16-15(13)23-18(24-16)9-5-2-6-10-18/h12-16,19H,1-11H2/t12-,13+,14-,15-,16-/m0/s1. The van der Waals surface area contributed by atoms with Gasteiger partial charge in [0.05, 0.1) is 6.61 Å². The maximum absolute atomic E-state index is 10.8. The van der Waals surface area contributed by atoms with Gasteiger partial charge in [0.2, 0.25) is 0 Å². The molecule has 5 rings (SSSR count). The van der Waals surface area contributed by atoms with Crippen LogP contribution in [0.15, 0.2) is 0 Å². The summed E-state index contributed by atoms with van der Waals surface area (Å²) in [6.07, 6.45) is 8.38. The van der Waals surface area contributed by atoms with Gasteiger partial charge in [-0.1, -0.05) is 12.8 Å². The van der Waals surface area contributed by atoms with Gasteiger partial charge in [0.15, 0.2) is 17.9 Å². The average Bonchev–Trinajstić information content (AvgIpc) is 3.23. The quantitative estimate of drug-likeness (QED) is 0.789. The van der Waals surface area contributed by atoms with E-state index < -0.39 is 36.2 Å². The highest BCUT2D eigenvalue weighted by molar-refractivity contribution is 5.00. The van der Waals surface area contributed by atoms with Gasteiger partial charge in [-0.2, -0.15) is 0 Å². The first-order valence-electron chi connectivity index (χ1n) is 9.70. The zero-order valence-electron chi connectivity index (χ0n) is 14.2. The number of hydrogen-bond donors (Lipinski definition) is 1. The Hall–Kier alpha value is -0.240. The molecular weight excluding hydrogens is 312 g/mol. The minimum Gasteiger partial charge on any atom is -0.387 e. The first-order chi connectivity index (χ1) is 11.7. The highest BCUT2D eigenvalue weighted by Gasteiger charge is 2.60. The molecule has 136 valence electrons. The van der Waals surface area contributed by atoms with Crippen LogP contribution in [0.2, 0.25) is 0 Å². The number of aliphatic hydroxyl groups excluding tert-OH is 1. The van der Waals surface area contributed by atoms with Crippen molar-refractivity contribution in [2.24, 2.45) is 0 Å². The lowest BCUT2D eigenvalue weighted by molar-refractivity contribution is -0.259. The summed E-state index contributed by atoms with van der Waals surface area (Å²) in [5, 5.41) is 10.8. The molecule has 5 fully saturated rings. The van der Waals surface area contributed by atoms with Crippen LogP contribution in [-0.2, 0) is 23.7 Å². The predicted molar refractivity (Wildman–Crippen MR) is 83.1 cm³/mol. The summed E-state index contributed by atoms with van der Waals surface area (Å²) in [6.45, 7) is 0.478. The highest BCUT2D eigenvalue weighted by atomic mass is 16.8. The first-order valence-corrected chi connectivity index (χ1v) is 9.70. The molecule has 3 heterocycles. The van der Waals surface area contributed by atoms with Gasteiger partial charge in [0, 0.05) is 25.7 Å². The first kappa shape index (κ1) is 16.0. The molecule has 24 heavy (non-hydrogen) atoms. The summed E-state index contributed by atoms with van der Waals surface area (Å²) in [4.78, 5) is 0. The molecule has 3 saturated heterocycles. The maximum atomic E-state index is 10.8. The molecular formula is C18H28O6. The van der Waals surface area contributed by atoms with Crippen LogP contribution in [0.25, 0.3) is 0 Å². The molecule has 5 aliphatic rings. The molecule has 2 aliphatic carbocycles. The Morgan fingerprint density at radius 2 is 1.38 bits per heavy atom. The Kier molecular flexibility index (Phi) is 3.92. The van der Waals surface area contributed by atoms with E-state index in [1.165, 1.54) is 12.8 Å². The second-order valence-electron chi connectivity index (χ2n) is 8.07. The van der Waals surface area contributed by atoms with Crippen molar-refractivity contribution in [1.82, 2.24) is 0 Å². The average molecular weight is 340 g/mol. The Morgan fingerprint density at radius 1 is 0.708 bits per heavy atom. The molecule has 0 aromatic carbocycles. The number of ether oxygens (including phenoxy) is 5. The minimum atomic E-state index is -0.719. The molecule has 0 bridgehead atoms. The second-order valence-corrected chi connectivity index (χ2v) is 8.07. The maximum Gasteiger partial charge on any atom is 0.190 e. The molecule has 5 atom stereocenters. The zero-order valence-corrected chi connectivity index (χ0v) is 14.2. The SMILES string of the molecule is O[C@H]1[C@@H]2OC3(CCCCC3)O[C@@H]2O[C@H]1[C@@H]1COC2(CCCCC2)O1. The normalized spacial score (nSPS) is 46.6. The van der Waals surface area contributed by atoms with E-state index >= 15 is 0 Å². The Bertz CT molecular complexity index is 470. The van der Waals surface area contributed by atoms with Crippen molar-refractivity contribution in [1.29, 1.82) is 0 Å². The summed E-state index contributed by atoms with van der Waals surface area (Å²) in [6, 6.07) is 0. The van der Waals surface area contributed by atoms with E-state index in [0.29, 0.717) is 6.61 Å². The van der Waals surface area contributed by atoms with Gasteiger partial charge < -0.3 is 28.8 Å². The third-order valence-electron chi connectivity index (χ3n) is 6.39. The Balaban J connectivity index is 1.24. The van der Waals surface area contributed by atoms with Crippen LogP contribution in [0.1, 0.15) is 64.2 Å². The van der Waals surface area contributed by atoms with Crippen molar-refractivity contribution in [3.8, 4) is 0 Å². The van der Waals surface area contributed by atoms with E-state index in [-0.39, 0.29) is 6.10 Å². The van der Waals surface area contributed by atoms with E-state index in [9.17, 15) is 5.11 Å². The van der Waals surface area contributed by atoms with Gasteiger partial charge in [-0.3, -0.25) is 0 Å². The molecule has 0 aromatic rings. The summed E-state index contributed by atoms with van der Waals surface area (Å²) < 4.78 is 30.5. The van der Waals surface area contributed by atoms with Crippen LogP contribution in [0.3, 0.4) is 0 Å². The van der Waals surface area contributed by atoms with E-state index in [1.54, 1.807) is 0 Å². The van der Waals surface area contributed by atoms with Gasteiger partial charge in [-0.25, -0.2) is 0 Å². The largest absolute Gasteiger partial charge is 0.387 e. The van der Waals surface area contributed by atoms with E-state index in [1.807, 2.05) is 0 Å². The monoisotopic (exact) mass is 340 g/mol. The van der Waals surface area contributed by atoms with Crippen LogP contribution in [0, 0.1) is 0 Å². The third-order valence-corrected chi connectivity index (χ3v) is 6.39. The van der Waals surface area contributed by atoms with Crippen LogP contribution in [0.4, 0.5) is 0 Å². The molecule has 0 unspecified atom stereocenters. The van der Waals surface area contributed by atoms with Gasteiger partial charge in [0.25, 0.3) is 0 Å². The van der Waals surface area contributed by atoms with Gasteiger partial charge in [-0.05, 0) is 25.7 Å². The smallest absolute Gasteiger partial charge is 0.190 e. The zero-order chi connectivity index (χ0) is 16.2. The number of fused-ring (bicyclic) bond motifs is 1. The number of rotatable bonds is 1. The van der Waals surface area contributed by atoms with E-state index in [4.69, 9.17) is 23.7 Å². The Morgan fingerprint density at radius 3 is 2.04 bits per heavy atom. The van der Waals surface area contributed by atoms with Gasteiger partial charge >= 0.3 is 0 Å². The summed E-state index contributed by atoms with van der Waals surface area (Å²) in [5.41, 5.74) is 0. The fourth-order valence-corrected chi connectivity index (χ4v) is 5.09. The number of aliphatic hydroxyl groups is 1. The minimum absolute atomic E-state index is 0.238. The van der Waals surface area contributed by atoms with Crippen LogP contribution < -0.4 is 0 Å². The third kappa shape index (κ3) is 2.54. The second kappa shape index (κ2) is 5.89.